The minimum Gasteiger partial charge on any atom is -0.272 e. The van der Waals surface area contributed by atoms with Crippen molar-refractivity contribution in [3.8, 4) is 17.1 Å². The molecule has 1 aromatic heterocycles. The van der Waals surface area contributed by atoms with Crippen molar-refractivity contribution in [3.63, 3.8) is 0 Å². The second-order valence-corrected chi connectivity index (χ2v) is 8.81. The topological polar surface area (TPSA) is 115 Å². The maximum absolute atomic E-state index is 12.4. The predicted octanol–water partition coefficient (Wildman–Crippen LogP) is 5.39. The highest BCUT2D eigenvalue weighted by Gasteiger charge is 2.17. The molecule has 0 saturated heterocycles. The molecule has 1 N–H and O–H groups in total. The monoisotopic (exact) mass is 526 g/mol. The minimum absolute atomic E-state index is 0.00555. The second kappa shape index (κ2) is 11.1. The van der Waals surface area contributed by atoms with Gasteiger partial charge in [0.05, 0.1) is 16.9 Å². The fourth-order valence-corrected chi connectivity index (χ4v) is 4.08. The van der Waals surface area contributed by atoms with Crippen LogP contribution in [0.25, 0.3) is 17.1 Å². The van der Waals surface area contributed by atoms with E-state index in [2.05, 4.69) is 20.7 Å². The maximum atomic E-state index is 12.4. The van der Waals surface area contributed by atoms with Gasteiger partial charge < -0.3 is 0 Å². The van der Waals surface area contributed by atoms with Crippen LogP contribution in [0.3, 0.4) is 0 Å². The zero-order valence-corrected chi connectivity index (χ0v) is 20.2. The van der Waals surface area contributed by atoms with Gasteiger partial charge in [-0.1, -0.05) is 53.2 Å². The number of nitrogens with zero attached hydrogens (tertiary/aromatic N) is 5. The Hall–Kier alpha value is -3.73. The van der Waals surface area contributed by atoms with E-state index in [-0.39, 0.29) is 16.5 Å². The van der Waals surface area contributed by atoms with E-state index in [0.717, 1.165) is 11.3 Å². The number of non-ortho nitro benzene ring substituents is 1. The number of nitro groups is 1. The smallest absolute Gasteiger partial charge is 0.270 e. The van der Waals surface area contributed by atoms with Crippen LogP contribution in [0.1, 0.15) is 5.56 Å². The fraction of sp³-hybridized carbons (Fsp3) is 0.0435. The number of hydrazone groups is 1. The van der Waals surface area contributed by atoms with Gasteiger partial charge in [0.25, 0.3) is 11.6 Å². The molecule has 0 atom stereocenters. The first kappa shape index (κ1) is 24.4. The number of carbonyl (C=O) groups excluding carboxylic acids is 1. The van der Waals surface area contributed by atoms with Gasteiger partial charge >= 0.3 is 0 Å². The highest BCUT2D eigenvalue weighted by Crippen LogP contribution is 2.28. The zero-order valence-electron chi connectivity index (χ0n) is 17.8. The lowest BCUT2D eigenvalue weighted by molar-refractivity contribution is -0.384. The summed E-state index contributed by atoms with van der Waals surface area (Å²) in [6.07, 6.45) is 1.25. The van der Waals surface area contributed by atoms with Crippen LogP contribution in [0.4, 0.5) is 5.69 Å². The lowest BCUT2D eigenvalue weighted by atomic mass is 10.2. The van der Waals surface area contributed by atoms with Gasteiger partial charge in [-0.3, -0.25) is 19.5 Å². The molecule has 35 heavy (non-hydrogen) atoms. The molecule has 0 unspecified atom stereocenters. The van der Waals surface area contributed by atoms with Gasteiger partial charge in [0.15, 0.2) is 11.0 Å². The third-order valence-electron chi connectivity index (χ3n) is 4.67. The Balaban J connectivity index is 1.48. The van der Waals surface area contributed by atoms with Crippen molar-refractivity contribution in [1.29, 1.82) is 0 Å². The SMILES string of the molecule is O=C(CSc1nnc(-c2ccc(Cl)cc2)n1-c1ccccc1)N/N=C\c1cc([N+](=O)[O-])ccc1Cl. The second-order valence-electron chi connectivity index (χ2n) is 7.03. The van der Waals surface area contributed by atoms with Gasteiger partial charge in [0.1, 0.15) is 0 Å². The van der Waals surface area contributed by atoms with Crippen molar-refractivity contribution < 1.29 is 9.72 Å². The van der Waals surface area contributed by atoms with Crippen LogP contribution >= 0.6 is 35.0 Å². The molecule has 9 nitrogen and oxygen atoms in total. The lowest BCUT2D eigenvalue weighted by Crippen LogP contribution is -2.20. The summed E-state index contributed by atoms with van der Waals surface area (Å²) in [6.45, 7) is 0. The number of nitro benzene ring substituents is 1. The molecule has 0 spiro atoms. The number of halogens is 2. The van der Waals surface area contributed by atoms with E-state index in [9.17, 15) is 14.9 Å². The average molecular weight is 527 g/mol. The van der Waals surface area contributed by atoms with Crippen molar-refractivity contribution in [2.75, 3.05) is 5.75 Å². The van der Waals surface area contributed by atoms with E-state index in [0.29, 0.717) is 21.6 Å². The number of amides is 1. The molecule has 3 aromatic carbocycles. The summed E-state index contributed by atoms with van der Waals surface area (Å²) in [7, 11) is 0. The van der Waals surface area contributed by atoms with Crippen molar-refractivity contribution in [2.45, 2.75) is 5.16 Å². The van der Waals surface area contributed by atoms with Gasteiger partial charge in [0, 0.05) is 39.0 Å². The number of carbonyl (C=O) groups is 1. The van der Waals surface area contributed by atoms with Gasteiger partial charge in [-0.2, -0.15) is 5.10 Å². The van der Waals surface area contributed by atoms with Crippen LogP contribution in [0.15, 0.2) is 83.1 Å². The van der Waals surface area contributed by atoms with E-state index in [1.807, 2.05) is 47.0 Å². The van der Waals surface area contributed by atoms with Crippen LogP contribution in [0.5, 0.6) is 0 Å². The Kier molecular flexibility index (Phi) is 7.76. The quantitative estimate of drug-likeness (QED) is 0.142. The van der Waals surface area contributed by atoms with Gasteiger partial charge in [-0.25, -0.2) is 5.43 Å². The van der Waals surface area contributed by atoms with Crippen molar-refractivity contribution in [1.82, 2.24) is 20.2 Å². The Morgan fingerprint density at radius 1 is 1.09 bits per heavy atom. The highest BCUT2D eigenvalue weighted by atomic mass is 35.5. The van der Waals surface area contributed by atoms with Crippen LogP contribution in [-0.2, 0) is 4.79 Å². The van der Waals surface area contributed by atoms with Crippen molar-refractivity contribution >= 4 is 52.8 Å². The summed E-state index contributed by atoms with van der Waals surface area (Å²) in [5, 5.41) is 24.8. The number of benzene rings is 3. The number of rotatable bonds is 8. The molecule has 1 heterocycles. The first-order valence-electron chi connectivity index (χ1n) is 10.1. The van der Waals surface area contributed by atoms with Crippen LogP contribution < -0.4 is 5.43 Å². The predicted molar refractivity (Wildman–Crippen MR) is 136 cm³/mol. The first-order chi connectivity index (χ1) is 16.9. The van der Waals surface area contributed by atoms with Crippen molar-refractivity contribution in [3.05, 3.63) is 98.5 Å². The van der Waals surface area contributed by atoms with Gasteiger partial charge in [-0.05, 0) is 42.5 Å². The van der Waals surface area contributed by atoms with Crippen LogP contribution in [0.2, 0.25) is 10.0 Å². The summed E-state index contributed by atoms with van der Waals surface area (Å²) < 4.78 is 1.85. The zero-order chi connectivity index (χ0) is 24.8. The summed E-state index contributed by atoms with van der Waals surface area (Å²) in [4.78, 5) is 22.8. The van der Waals surface area contributed by atoms with Crippen LogP contribution in [0, 0.1) is 10.1 Å². The molecule has 1 amide bonds. The van der Waals surface area contributed by atoms with Gasteiger partial charge in [-0.15, -0.1) is 10.2 Å². The third kappa shape index (κ3) is 6.04. The summed E-state index contributed by atoms with van der Waals surface area (Å²) in [5.74, 6) is 0.212. The van der Waals surface area contributed by atoms with Crippen molar-refractivity contribution in [2.24, 2.45) is 5.10 Å². The van der Waals surface area contributed by atoms with Gasteiger partial charge in [0.2, 0.25) is 0 Å². The molecule has 0 aliphatic rings. The minimum atomic E-state index is -0.538. The molecule has 12 heteroatoms. The number of aromatic nitrogens is 3. The van der Waals surface area contributed by atoms with E-state index >= 15 is 0 Å². The third-order valence-corrected chi connectivity index (χ3v) is 6.19. The summed E-state index contributed by atoms with van der Waals surface area (Å²) in [6, 6.07) is 20.7. The molecule has 4 aromatic rings. The number of thioether (sulfide) groups is 1. The van der Waals surface area contributed by atoms with Crippen LogP contribution in [-0.4, -0.2) is 37.6 Å². The molecular weight excluding hydrogens is 511 g/mol. The molecule has 0 saturated carbocycles. The first-order valence-corrected chi connectivity index (χ1v) is 11.8. The Labute approximate surface area is 213 Å². The Morgan fingerprint density at radius 3 is 2.54 bits per heavy atom. The van der Waals surface area contributed by atoms with E-state index in [1.165, 1.54) is 36.2 Å². The molecule has 0 aliphatic heterocycles. The number of hydrogen-bond acceptors (Lipinski definition) is 7. The van der Waals surface area contributed by atoms with E-state index in [4.69, 9.17) is 23.2 Å². The molecule has 176 valence electrons. The fourth-order valence-electron chi connectivity index (χ4n) is 3.04. The molecule has 0 bridgehead atoms. The number of para-hydroxylation sites is 1. The Bertz CT molecular complexity index is 1390. The highest BCUT2D eigenvalue weighted by molar-refractivity contribution is 7.99. The molecule has 4 rings (SSSR count). The van der Waals surface area contributed by atoms with E-state index < -0.39 is 10.8 Å². The summed E-state index contributed by atoms with van der Waals surface area (Å²) in [5.41, 5.74) is 4.23. The Morgan fingerprint density at radius 2 is 1.83 bits per heavy atom. The maximum Gasteiger partial charge on any atom is 0.270 e. The van der Waals surface area contributed by atoms with E-state index in [1.54, 1.807) is 12.1 Å². The normalized spacial score (nSPS) is 11.0. The number of nitrogens with one attached hydrogen (secondary N) is 1. The molecular formula is C23H16Cl2N6O3S. The number of hydrogen-bond donors (Lipinski definition) is 1. The molecule has 0 fully saturated rings. The summed E-state index contributed by atoms with van der Waals surface area (Å²) >= 11 is 13.2. The molecule has 0 aliphatic carbocycles. The molecule has 0 radical (unpaired) electrons. The average Bonchev–Trinajstić information content (AvgIpc) is 3.28. The standard InChI is InChI=1S/C23H16Cl2N6O3S/c24-17-8-6-15(7-9-17)22-28-29-23(30(22)18-4-2-1-3-5-18)35-14-21(32)27-26-13-16-12-19(31(33)34)10-11-20(16)25/h1-13H,14H2,(H,27,32)/b26-13-. The lowest BCUT2D eigenvalue weighted by Gasteiger charge is -2.10. The largest absolute Gasteiger partial charge is 0.272 e.